The smallest absolute Gasteiger partial charge is 0.303 e. The van der Waals surface area contributed by atoms with Crippen molar-refractivity contribution in [2.45, 2.75) is 25.7 Å². The van der Waals surface area contributed by atoms with Gasteiger partial charge in [0.25, 0.3) is 0 Å². The third-order valence-electron chi connectivity index (χ3n) is 3.71. The number of hydrogen-bond acceptors (Lipinski definition) is 2. The molecule has 0 aliphatic rings. The van der Waals surface area contributed by atoms with Crippen LogP contribution in [-0.4, -0.2) is 18.2 Å². The van der Waals surface area contributed by atoms with Crippen molar-refractivity contribution >= 4 is 5.97 Å². The predicted octanol–water partition coefficient (Wildman–Crippen LogP) is 4.33. The largest absolute Gasteiger partial charge is 0.496 e. The molecule has 1 unspecified atom stereocenters. The zero-order chi connectivity index (χ0) is 15.2. The van der Waals surface area contributed by atoms with E-state index >= 15 is 0 Å². The van der Waals surface area contributed by atoms with Crippen LogP contribution in [0.3, 0.4) is 0 Å². The maximum absolute atomic E-state index is 10.9. The van der Waals surface area contributed by atoms with Gasteiger partial charge >= 0.3 is 5.97 Å². The average molecular weight is 284 g/mol. The van der Waals surface area contributed by atoms with Crippen molar-refractivity contribution in [1.82, 2.24) is 0 Å². The summed E-state index contributed by atoms with van der Waals surface area (Å²) >= 11 is 0. The normalized spacial score (nSPS) is 11.9. The summed E-state index contributed by atoms with van der Waals surface area (Å²) < 4.78 is 5.37. The fourth-order valence-corrected chi connectivity index (χ4v) is 2.53. The lowest BCUT2D eigenvalue weighted by molar-refractivity contribution is -0.137. The molecule has 1 atom stereocenters. The predicted molar refractivity (Wildman–Crippen MR) is 83.7 cm³/mol. The number of carboxylic acids is 1. The molecule has 21 heavy (non-hydrogen) atoms. The van der Waals surface area contributed by atoms with E-state index in [1.807, 2.05) is 55.5 Å². The van der Waals surface area contributed by atoms with Gasteiger partial charge in [-0.1, -0.05) is 49.4 Å². The molecule has 0 aliphatic heterocycles. The molecule has 0 amide bonds. The Morgan fingerprint density at radius 1 is 1.14 bits per heavy atom. The Hall–Kier alpha value is -2.29. The van der Waals surface area contributed by atoms with Crippen molar-refractivity contribution in [3.05, 3.63) is 54.1 Å². The van der Waals surface area contributed by atoms with Gasteiger partial charge in [-0.15, -0.1) is 0 Å². The van der Waals surface area contributed by atoms with Crippen molar-refractivity contribution in [2.75, 3.05) is 7.11 Å². The fraction of sp³-hybridized carbons (Fsp3) is 0.278. The van der Waals surface area contributed by atoms with Crippen LogP contribution in [0.1, 0.15) is 31.2 Å². The van der Waals surface area contributed by atoms with Crippen LogP contribution in [-0.2, 0) is 4.79 Å². The Balaban J connectivity index is 2.28. The van der Waals surface area contributed by atoms with Gasteiger partial charge in [0.2, 0.25) is 0 Å². The summed E-state index contributed by atoms with van der Waals surface area (Å²) in [6.07, 6.45) is 0.991. The molecule has 2 aromatic carbocycles. The van der Waals surface area contributed by atoms with E-state index in [9.17, 15) is 4.79 Å². The van der Waals surface area contributed by atoms with Gasteiger partial charge in [-0.25, -0.2) is 0 Å². The number of rotatable bonds is 6. The molecule has 3 heteroatoms. The van der Waals surface area contributed by atoms with E-state index in [1.54, 1.807) is 7.11 Å². The minimum Gasteiger partial charge on any atom is -0.496 e. The van der Waals surface area contributed by atoms with Crippen LogP contribution < -0.4 is 4.74 Å². The van der Waals surface area contributed by atoms with Gasteiger partial charge in [-0.2, -0.15) is 0 Å². The van der Waals surface area contributed by atoms with Gasteiger partial charge in [0, 0.05) is 5.56 Å². The van der Waals surface area contributed by atoms with Crippen molar-refractivity contribution in [1.29, 1.82) is 0 Å². The molecule has 0 saturated carbocycles. The number of methoxy groups -OCH3 is 1. The molecule has 110 valence electrons. The molecule has 0 radical (unpaired) electrons. The standard InChI is InChI=1S/C18H20O3/c1-3-13(12-18(19)20)14-8-10-15(11-9-14)16-6-4-5-7-17(16)21-2/h4-11,13H,3,12H2,1-2H3,(H,19,20). The lowest BCUT2D eigenvalue weighted by atomic mass is 9.91. The molecule has 0 aromatic heterocycles. The second-order valence-electron chi connectivity index (χ2n) is 5.03. The first-order valence-corrected chi connectivity index (χ1v) is 7.10. The maximum Gasteiger partial charge on any atom is 0.303 e. The highest BCUT2D eigenvalue weighted by molar-refractivity contribution is 5.71. The summed E-state index contributed by atoms with van der Waals surface area (Å²) in [5.41, 5.74) is 3.18. The second-order valence-corrected chi connectivity index (χ2v) is 5.03. The van der Waals surface area contributed by atoms with Gasteiger partial charge in [0.15, 0.2) is 0 Å². The molecule has 0 bridgehead atoms. The van der Waals surface area contributed by atoms with Gasteiger partial charge < -0.3 is 9.84 Å². The van der Waals surface area contributed by atoms with Crippen LogP contribution in [0.25, 0.3) is 11.1 Å². The van der Waals surface area contributed by atoms with Crippen LogP contribution in [0.15, 0.2) is 48.5 Å². The molecular weight excluding hydrogens is 264 g/mol. The van der Waals surface area contributed by atoms with Crippen molar-refractivity contribution in [3.63, 3.8) is 0 Å². The summed E-state index contributed by atoms with van der Waals surface area (Å²) in [7, 11) is 1.66. The third kappa shape index (κ3) is 3.63. The van der Waals surface area contributed by atoms with Crippen LogP contribution >= 0.6 is 0 Å². The molecule has 1 N–H and O–H groups in total. The number of ether oxygens (including phenoxy) is 1. The average Bonchev–Trinajstić information content (AvgIpc) is 2.52. The fourth-order valence-electron chi connectivity index (χ4n) is 2.53. The van der Waals surface area contributed by atoms with E-state index in [4.69, 9.17) is 9.84 Å². The van der Waals surface area contributed by atoms with E-state index in [2.05, 4.69) is 0 Å². The van der Waals surface area contributed by atoms with Crippen LogP contribution in [0.2, 0.25) is 0 Å². The Labute approximate surface area is 125 Å². The van der Waals surface area contributed by atoms with Gasteiger partial charge in [-0.3, -0.25) is 4.79 Å². The molecule has 2 aromatic rings. The molecule has 0 heterocycles. The van der Waals surface area contributed by atoms with Crippen molar-refractivity contribution < 1.29 is 14.6 Å². The molecule has 3 nitrogen and oxygen atoms in total. The summed E-state index contributed by atoms with van der Waals surface area (Å²) in [5, 5.41) is 8.96. The van der Waals surface area contributed by atoms with Gasteiger partial charge in [0.1, 0.15) is 5.75 Å². The van der Waals surface area contributed by atoms with Crippen molar-refractivity contribution in [3.8, 4) is 16.9 Å². The summed E-state index contributed by atoms with van der Waals surface area (Å²) in [5.74, 6) is 0.146. The lowest BCUT2D eigenvalue weighted by Crippen LogP contribution is -2.05. The Morgan fingerprint density at radius 2 is 1.81 bits per heavy atom. The number of para-hydroxylation sites is 1. The zero-order valence-electron chi connectivity index (χ0n) is 12.4. The molecule has 2 rings (SSSR count). The zero-order valence-corrected chi connectivity index (χ0v) is 12.4. The Kier molecular flexibility index (Phi) is 4.99. The van der Waals surface area contributed by atoms with Crippen molar-refractivity contribution in [2.24, 2.45) is 0 Å². The number of carboxylic acid groups (broad SMARTS) is 1. The number of aliphatic carboxylic acids is 1. The maximum atomic E-state index is 10.9. The Morgan fingerprint density at radius 3 is 2.38 bits per heavy atom. The molecular formula is C18H20O3. The van der Waals surface area contributed by atoms with E-state index in [-0.39, 0.29) is 12.3 Å². The van der Waals surface area contributed by atoms with Gasteiger partial charge in [-0.05, 0) is 29.5 Å². The van der Waals surface area contributed by atoms with Crippen LogP contribution in [0, 0.1) is 0 Å². The minimum absolute atomic E-state index is 0.0641. The highest BCUT2D eigenvalue weighted by Gasteiger charge is 2.14. The lowest BCUT2D eigenvalue weighted by Gasteiger charge is -2.14. The first-order chi connectivity index (χ1) is 10.2. The van der Waals surface area contributed by atoms with Gasteiger partial charge in [0.05, 0.1) is 13.5 Å². The molecule has 0 spiro atoms. The summed E-state index contributed by atoms with van der Waals surface area (Å²) in [6, 6.07) is 15.9. The topological polar surface area (TPSA) is 46.5 Å². The summed E-state index contributed by atoms with van der Waals surface area (Å²) in [4.78, 5) is 10.9. The highest BCUT2D eigenvalue weighted by atomic mass is 16.5. The third-order valence-corrected chi connectivity index (χ3v) is 3.71. The molecule has 0 fully saturated rings. The Bertz CT molecular complexity index is 602. The minimum atomic E-state index is -0.754. The molecule has 0 aliphatic carbocycles. The van der Waals surface area contributed by atoms with E-state index in [0.717, 1.165) is 28.9 Å². The van der Waals surface area contributed by atoms with E-state index in [1.165, 1.54) is 0 Å². The van der Waals surface area contributed by atoms with E-state index < -0.39 is 5.97 Å². The number of benzene rings is 2. The summed E-state index contributed by atoms with van der Waals surface area (Å²) in [6.45, 7) is 2.02. The monoisotopic (exact) mass is 284 g/mol. The first kappa shape index (κ1) is 15.1. The highest BCUT2D eigenvalue weighted by Crippen LogP contribution is 2.31. The SMILES string of the molecule is CCC(CC(=O)O)c1ccc(-c2ccccc2OC)cc1. The number of carbonyl (C=O) groups is 1. The quantitative estimate of drug-likeness (QED) is 0.858. The van der Waals surface area contributed by atoms with Crippen LogP contribution in [0.5, 0.6) is 5.75 Å². The van der Waals surface area contributed by atoms with E-state index in [0.29, 0.717) is 0 Å². The second kappa shape index (κ2) is 6.93. The molecule has 0 saturated heterocycles. The van der Waals surface area contributed by atoms with Crippen LogP contribution in [0.4, 0.5) is 0 Å². The first-order valence-electron chi connectivity index (χ1n) is 7.10. The number of hydrogen-bond donors (Lipinski definition) is 1.